The van der Waals surface area contributed by atoms with Crippen LogP contribution in [0.3, 0.4) is 0 Å². The molecule has 0 saturated heterocycles. The molecular formula is C25H33NO3S. The van der Waals surface area contributed by atoms with Crippen molar-refractivity contribution >= 4 is 23.2 Å². The topological polar surface area (TPSA) is 58.9 Å². The van der Waals surface area contributed by atoms with Gasteiger partial charge in [0.1, 0.15) is 22.9 Å². The lowest BCUT2D eigenvalue weighted by atomic mass is 9.61. The number of rotatable bonds is 7. The summed E-state index contributed by atoms with van der Waals surface area (Å²) in [5, 5.41) is 13.5. The molecule has 3 aliphatic rings. The van der Waals surface area contributed by atoms with E-state index in [0.717, 1.165) is 62.8 Å². The SMILES string of the molecule is CC1(C)Oc2cc(C3(CCCCCN=C=S)CCC3)cc(O)c2[C@@H]2CC(=O)CC[C@H]21. The summed E-state index contributed by atoms with van der Waals surface area (Å²) in [5.74, 6) is 1.76. The molecule has 2 fully saturated rings. The Bertz CT molecular complexity index is 867. The molecule has 1 N–H and O–H groups in total. The number of phenolic OH excluding ortho intramolecular Hbond substituents is 1. The first-order valence-electron chi connectivity index (χ1n) is 11.5. The van der Waals surface area contributed by atoms with Gasteiger partial charge in [0, 0.05) is 36.8 Å². The molecule has 5 heteroatoms. The molecule has 0 radical (unpaired) electrons. The molecule has 0 bridgehead atoms. The number of carbonyl (C=O) groups excluding carboxylic acids is 1. The van der Waals surface area contributed by atoms with E-state index in [0.29, 0.717) is 24.4 Å². The Morgan fingerprint density at radius 1 is 1.27 bits per heavy atom. The number of unbranched alkanes of at least 4 members (excludes halogenated alkanes) is 2. The van der Waals surface area contributed by atoms with Crippen LogP contribution >= 0.6 is 12.2 Å². The standard InChI is InChI=1S/C25H33NO3S/c1-24(2)20-8-7-18(27)15-19(20)23-21(28)13-17(14-22(23)29-24)25(10-6-11-25)9-4-3-5-12-26-16-30/h13-14,19-20,28H,3-12,15H2,1-2H3/t19-,20-/m1/s1. The first-order valence-corrected chi connectivity index (χ1v) is 11.9. The molecule has 1 aromatic rings. The number of phenols is 1. The first kappa shape index (κ1) is 21.5. The third-order valence-electron chi connectivity index (χ3n) is 7.84. The lowest BCUT2D eigenvalue weighted by Crippen LogP contribution is -2.47. The maximum atomic E-state index is 12.2. The van der Waals surface area contributed by atoms with Gasteiger partial charge in [0.2, 0.25) is 0 Å². The van der Waals surface area contributed by atoms with Gasteiger partial charge in [-0.1, -0.05) is 19.3 Å². The highest BCUT2D eigenvalue weighted by atomic mass is 32.1. The fraction of sp³-hybridized carbons (Fsp3) is 0.680. The van der Waals surface area contributed by atoms with Crippen LogP contribution in [0.4, 0.5) is 0 Å². The van der Waals surface area contributed by atoms with Gasteiger partial charge >= 0.3 is 0 Å². The number of aromatic hydroxyl groups is 1. The van der Waals surface area contributed by atoms with Crippen molar-refractivity contribution in [3.8, 4) is 11.5 Å². The fourth-order valence-corrected chi connectivity index (χ4v) is 6.13. The van der Waals surface area contributed by atoms with Crippen LogP contribution in [0.2, 0.25) is 0 Å². The number of ketones is 1. The van der Waals surface area contributed by atoms with Crippen LogP contribution in [0.1, 0.15) is 95.1 Å². The molecule has 1 aliphatic heterocycles. The van der Waals surface area contributed by atoms with Gasteiger partial charge in [0.05, 0.1) is 5.16 Å². The summed E-state index contributed by atoms with van der Waals surface area (Å²) in [7, 11) is 0. The number of ether oxygens (including phenoxy) is 1. The summed E-state index contributed by atoms with van der Waals surface area (Å²) in [4.78, 5) is 16.2. The van der Waals surface area contributed by atoms with Crippen molar-refractivity contribution in [1.82, 2.24) is 0 Å². The van der Waals surface area contributed by atoms with E-state index in [9.17, 15) is 9.90 Å². The molecule has 2 aliphatic carbocycles. The summed E-state index contributed by atoms with van der Waals surface area (Å²) in [5.41, 5.74) is 1.90. The lowest BCUT2D eigenvalue weighted by molar-refractivity contribution is -0.124. The Morgan fingerprint density at radius 3 is 2.77 bits per heavy atom. The van der Waals surface area contributed by atoms with Gasteiger partial charge in [0.15, 0.2) is 0 Å². The van der Waals surface area contributed by atoms with E-state index in [1.165, 1.54) is 12.0 Å². The second-order valence-electron chi connectivity index (χ2n) is 10.0. The largest absolute Gasteiger partial charge is 0.508 e. The van der Waals surface area contributed by atoms with Crippen LogP contribution in [0.15, 0.2) is 17.1 Å². The van der Waals surface area contributed by atoms with Crippen molar-refractivity contribution in [3.05, 3.63) is 23.3 Å². The highest BCUT2D eigenvalue weighted by Crippen LogP contribution is 2.56. The molecule has 4 rings (SSSR count). The lowest BCUT2D eigenvalue weighted by Gasteiger charge is -2.48. The van der Waals surface area contributed by atoms with Crippen LogP contribution in [0.5, 0.6) is 11.5 Å². The third kappa shape index (κ3) is 3.94. The van der Waals surface area contributed by atoms with Crippen molar-refractivity contribution in [1.29, 1.82) is 0 Å². The predicted octanol–water partition coefficient (Wildman–Crippen LogP) is 6.10. The number of isothiocyanates is 1. The van der Waals surface area contributed by atoms with E-state index in [4.69, 9.17) is 4.74 Å². The van der Waals surface area contributed by atoms with Gasteiger partial charge in [-0.05, 0) is 81.3 Å². The fourth-order valence-electron chi connectivity index (χ4n) is 6.04. The van der Waals surface area contributed by atoms with E-state index in [1.54, 1.807) is 0 Å². The van der Waals surface area contributed by atoms with E-state index in [2.05, 4.69) is 42.3 Å². The number of hydrogen-bond donors (Lipinski definition) is 1. The molecule has 0 unspecified atom stereocenters. The molecule has 4 nitrogen and oxygen atoms in total. The van der Waals surface area contributed by atoms with Crippen LogP contribution in [-0.4, -0.2) is 28.2 Å². The van der Waals surface area contributed by atoms with Gasteiger partial charge in [-0.2, -0.15) is 0 Å². The van der Waals surface area contributed by atoms with Gasteiger partial charge in [0.25, 0.3) is 0 Å². The number of nitrogens with zero attached hydrogens (tertiary/aromatic N) is 1. The second-order valence-corrected chi connectivity index (χ2v) is 10.2. The van der Waals surface area contributed by atoms with Crippen molar-refractivity contribution < 1.29 is 14.6 Å². The van der Waals surface area contributed by atoms with Crippen molar-refractivity contribution in [2.75, 3.05) is 6.54 Å². The summed E-state index contributed by atoms with van der Waals surface area (Å²) < 4.78 is 6.48. The molecular weight excluding hydrogens is 394 g/mol. The molecule has 1 aromatic carbocycles. The maximum Gasteiger partial charge on any atom is 0.133 e. The first-order chi connectivity index (χ1) is 14.4. The van der Waals surface area contributed by atoms with Gasteiger partial charge in [-0.3, -0.25) is 4.79 Å². The van der Waals surface area contributed by atoms with Crippen LogP contribution < -0.4 is 4.74 Å². The molecule has 162 valence electrons. The van der Waals surface area contributed by atoms with Gasteiger partial charge < -0.3 is 9.84 Å². The summed E-state index contributed by atoms with van der Waals surface area (Å²) in [6.45, 7) is 5.03. The van der Waals surface area contributed by atoms with Gasteiger partial charge in [-0.15, -0.1) is 0 Å². The Morgan fingerprint density at radius 2 is 2.07 bits per heavy atom. The molecule has 2 saturated carbocycles. The normalized spacial score (nSPS) is 25.9. The van der Waals surface area contributed by atoms with E-state index in [1.807, 2.05) is 6.07 Å². The quantitative estimate of drug-likeness (QED) is 0.324. The average Bonchev–Trinajstić information content (AvgIpc) is 2.65. The Balaban J connectivity index is 1.58. The van der Waals surface area contributed by atoms with E-state index >= 15 is 0 Å². The number of aliphatic imine (C=N–C) groups is 1. The minimum Gasteiger partial charge on any atom is -0.508 e. The summed E-state index contributed by atoms with van der Waals surface area (Å²) in [6.07, 6.45) is 10.0. The Hall–Kier alpha value is -1.71. The van der Waals surface area contributed by atoms with Crippen molar-refractivity contribution in [2.24, 2.45) is 10.9 Å². The minimum absolute atomic E-state index is 0.0677. The van der Waals surface area contributed by atoms with Crippen LogP contribution in [0, 0.1) is 5.92 Å². The maximum absolute atomic E-state index is 12.2. The number of hydrogen-bond acceptors (Lipinski definition) is 5. The minimum atomic E-state index is -0.321. The predicted molar refractivity (Wildman–Crippen MR) is 122 cm³/mol. The Kier molecular flexibility index (Phi) is 6.05. The van der Waals surface area contributed by atoms with E-state index in [-0.39, 0.29) is 22.9 Å². The smallest absolute Gasteiger partial charge is 0.133 e. The van der Waals surface area contributed by atoms with E-state index < -0.39 is 0 Å². The van der Waals surface area contributed by atoms with Crippen LogP contribution in [-0.2, 0) is 10.2 Å². The number of thiocarbonyl (C=S) groups is 1. The second kappa shape index (κ2) is 8.43. The molecule has 0 aromatic heterocycles. The van der Waals surface area contributed by atoms with Gasteiger partial charge in [-0.25, -0.2) is 4.99 Å². The zero-order valence-corrected chi connectivity index (χ0v) is 19.0. The van der Waals surface area contributed by atoms with Crippen LogP contribution in [0.25, 0.3) is 0 Å². The molecule has 0 amide bonds. The molecule has 0 spiro atoms. The zero-order chi connectivity index (χ0) is 21.4. The molecule has 1 heterocycles. The highest BCUT2D eigenvalue weighted by Gasteiger charge is 2.48. The average molecular weight is 428 g/mol. The number of fused-ring (bicyclic) bond motifs is 3. The number of carbonyl (C=O) groups is 1. The summed E-state index contributed by atoms with van der Waals surface area (Å²) >= 11 is 4.63. The number of Topliss-reactive ketones (excluding diaryl/α,β-unsaturated/α-hetero) is 1. The Labute approximate surface area is 185 Å². The van der Waals surface area contributed by atoms with Crippen molar-refractivity contribution in [2.45, 2.75) is 95.0 Å². The third-order valence-corrected chi connectivity index (χ3v) is 7.97. The molecule has 2 atom stereocenters. The zero-order valence-electron chi connectivity index (χ0n) is 18.2. The van der Waals surface area contributed by atoms with Crippen molar-refractivity contribution in [3.63, 3.8) is 0 Å². The summed E-state index contributed by atoms with van der Waals surface area (Å²) in [6, 6.07) is 4.16. The molecule has 30 heavy (non-hydrogen) atoms. The highest BCUT2D eigenvalue weighted by molar-refractivity contribution is 7.78. The monoisotopic (exact) mass is 427 g/mol. The number of benzene rings is 1.